The van der Waals surface area contributed by atoms with Crippen LogP contribution in [0.2, 0.25) is 0 Å². The van der Waals surface area contributed by atoms with Gasteiger partial charge in [0.2, 0.25) is 6.79 Å². The van der Waals surface area contributed by atoms with Gasteiger partial charge in [0.05, 0.1) is 5.69 Å². The number of ether oxygens (including phenoxy) is 4. The van der Waals surface area contributed by atoms with Gasteiger partial charge in [-0.3, -0.25) is 9.69 Å². The van der Waals surface area contributed by atoms with Crippen LogP contribution in [0.25, 0.3) is 11.4 Å². The van der Waals surface area contributed by atoms with E-state index in [1.807, 2.05) is 30.3 Å². The zero-order valence-corrected chi connectivity index (χ0v) is 24.5. The molecule has 1 aliphatic carbocycles. The van der Waals surface area contributed by atoms with Crippen molar-refractivity contribution in [3.05, 3.63) is 89.3 Å². The standard InChI is InChI=1S/C33H38N4O5/c1-4-5-15-37-26(31(33(38)35(2)3)34-32(37)25-9-7-6-8-10-25)20-36(18-23-11-13-27-29(16-23)41-21-39-27)19-24-12-14-28-30(17-24)42-22-40-28/h6-14,16-17,27,29H,4-5,15,18-22H2,1-3H3. The van der Waals surface area contributed by atoms with E-state index in [4.69, 9.17) is 23.9 Å². The highest BCUT2D eigenvalue weighted by Crippen LogP contribution is 2.34. The molecular weight excluding hydrogens is 532 g/mol. The highest BCUT2D eigenvalue weighted by molar-refractivity contribution is 5.94. The fourth-order valence-electron chi connectivity index (χ4n) is 5.61. The second kappa shape index (κ2) is 12.5. The first-order valence-corrected chi connectivity index (χ1v) is 14.6. The van der Waals surface area contributed by atoms with Crippen molar-refractivity contribution in [2.45, 2.75) is 51.6 Å². The van der Waals surface area contributed by atoms with E-state index in [1.165, 1.54) is 0 Å². The fourth-order valence-corrected chi connectivity index (χ4v) is 5.61. The number of rotatable bonds is 11. The molecule has 3 aromatic rings. The molecular formula is C33H38N4O5. The summed E-state index contributed by atoms with van der Waals surface area (Å²) in [4.78, 5) is 22.5. The number of carbonyl (C=O) groups is 1. The SMILES string of the molecule is CCCCn1c(-c2ccccc2)nc(C(=O)N(C)C)c1CN(CC1=CC2OCOC2C=C1)Cc1ccc2c(c1)OCO2. The normalized spacial score (nSPS) is 18.8. The summed E-state index contributed by atoms with van der Waals surface area (Å²) in [6, 6.07) is 16.2. The van der Waals surface area contributed by atoms with E-state index in [0.29, 0.717) is 32.1 Å². The summed E-state index contributed by atoms with van der Waals surface area (Å²) in [5.74, 6) is 2.24. The Morgan fingerprint density at radius 3 is 2.60 bits per heavy atom. The molecule has 0 radical (unpaired) electrons. The summed E-state index contributed by atoms with van der Waals surface area (Å²) in [7, 11) is 3.56. The van der Waals surface area contributed by atoms with Crippen molar-refractivity contribution in [3.63, 3.8) is 0 Å². The Balaban J connectivity index is 1.39. The Labute approximate surface area is 246 Å². The smallest absolute Gasteiger partial charge is 0.273 e. The quantitative estimate of drug-likeness (QED) is 0.320. The minimum absolute atomic E-state index is 0.0377. The van der Waals surface area contributed by atoms with Gasteiger partial charge in [-0.1, -0.05) is 61.9 Å². The van der Waals surface area contributed by atoms with Crippen LogP contribution < -0.4 is 9.47 Å². The number of fused-ring (bicyclic) bond motifs is 2. The number of amides is 1. The predicted octanol–water partition coefficient (Wildman–Crippen LogP) is 5.02. The first kappa shape index (κ1) is 28.2. The molecule has 2 aliphatic heterocycles. The molecule has 1 aromatic heterocycles. The van der Waals surface area contributed by atoms with Gasteiger partial charge in [0.25, 0.3) is 5.91 Å². The van der Waals surface area contributed by atoms with Crippen molar-refractivity contribution in [3.8, 4) is 22.9 Å². The Morgan fingerprint density at radius 1 is 0.976 bits per heavy atom. The van der Waals surface area contributed by atoms with E-state index in [-0.39, 0.29) is 24.9 Å². The van der Waals surface area contributed by atoms with Crippen LogP contribution in [-0.4, -0.2) is 71.7 Å². The van der Waals surface area contributed by atoms with Crippen LogP contribution in [0.5, 0.6) is 11.5 Å². The molecule has 0 N–H and O–H groups in total. The lowest BCUT2D eigenvalue weighted by molar-refractivity contribution is 0.0503. The van der Waals surface area contributed by atoms with E-state index >= 15 is 0 Å². The zero-order valence-electron chi connectivity index (χ0n) is 24.5. The average molecular weight is 571 g/mol. The van der Waals surface area contributed by atoms with Crippen LogP contribution in [0, 0.1) is 0 Å². The molecule has 9 heteroatoms. The molecule has 9 nitrogen and oxygen atoms in total. The maximum absolute atomic E-state index is 13.6. The van der Waals surface area contributed by atoms with Crippen LogP contribution in [0.4, 0.5) is 0 Å². The molecule has 0 bridgehead atoms. The lowest BCUT2D eigenvalue weighted by Crippen LogP contribution is -2.31. The molecule has 0 saturated carbocycles. The summed E-state index contributed by atoms with van der Waals surface area (Å²) in [6.45, 7) is 5.33. The van der Waals surface area contributed by atoms with E-state index in [2.05, 4.69) is 52.8 Å². The van der Waals surface area contributed by atoms with Gasteiger partial charge < -0.3 is 28.4 Å². The van der Waals surface area contributed by atoms with E-state index in [1.54, 1.807) is 19.0 Å². The van der Waals surface area contributed by atoms with Gasteiger partial charge in [-0.05, 0) is 35.8 Å². The highest BCUT2D eigenvalue weighted by Gasteiger charge is 2.30. The molecule has 2 aromatic carbocycles. The first-order chi connectivity index (χ1) is 20.5. The number of benzene rings is 2. The van der Waals surface area contributed by atoms with Gasteiger partial charge in [-0.2, -0.15) is 0 Å². The lowest BCUT2D eigenvalue weighted by atomic mass is 10.0. The molecule has 220 valence electrons. The van der Waals surface area contributed by atoms with Crippen molar-refractivity contribution in [1.82, 2.24) is 19.4 Å². The average Bonchev–Trinajstić information content (AvgIpc) is 3.74. The molecule has 0 spiro atoms. The topological polar surface area (TPSA) is 78.3 Å². The number of imidazole rings is 1. The molecule has 1 fully saturated rings. The van der Waals surface area contributed by atoms with E-state index < -0.39 is 0 Å². The molecule has 42 heavy (non-hydrogen) atoms. The van der Waals surface area contributed by atoms with Gasteiger partial charge in [0, 0.05) is 45.8 Å². The second-order valence-corrected chi connectivity index (χ2v) is 11.1. The van der Waals surface area contributed by atoms with Crippen molar-refractivity contribution in [2.75, 3.05) is 34.2 Å². The summed E-state index contributed by atoms with van der Waals surface area (Å²) in [5.41, 5.74) is 4.65. The third-order valence-corrected chi connectivity index (χ3v) is 7.79. The van der Waals surface area contributed by atoms with Gasteiger partial charge in [0.15, 0.2) is 17.2 Å². The zero-order chi connectivity index (χ0) is 29.1. The molecule has 6 rings (SSSR count). The second-order valence-electron chi connectivity index (χ2n) is 11.1. The third kappa shape index (κ3) is 5.99. The van der Waals surface area contributed by atoms with Gasteiger partial charge in [-0.15, -0.1) is 0 Å². The van der Waals surface area contributed by atoms with Crippen LogP contribution in [-0.2, 0) is 29.1 Å². The summed E-state index contributed by atoms with van der Waals surface area (Å²) in [5, 5.41) is 0. The van der Waals surface area contributed by atoms with Crippen molar-refractivity contribution in [1.29, 1.82) is 0 Å². The maximum atomic E-state index is 13.6. The number of aromatic nitrogens is 2. The van der Waals surface area contributed by atoms with Gasteiger partial charge >= 0.3 is 0 Å². The Morgan fingerprint density at radius 2 is 1.79 bits per heavy atom. The minimum Gasteiger partial charge on any atom is -0.454 e. The number of hydrogen-bond donors (Lipinski definition) is 0. The summed E-state index contributed by atoms with van der Waals surface area (Å²) >= 11 is 0. The number of carbonyl (C=O) groups excluding carboxylic acids is 1. The number of hydrogen-bond acceptors (Lipinski definition) is 7. The number of nitrogens with zero attached hydrogens (tertiary/aromatic N) is 4. The van der Waals surface area contributed by atoms with Crippen LogP contribution >= 0.6 is 0 Å². The van der Waals surface area contributed by atoms with E-state index in [9.17, 15) is 4.79 Å². The Kier molecular flexibility index (Phi) is 8.41. The fraction of sp³-hybridized carbons (Fsp3) is 0.394. The van der Waals surface area contributed by atoms with Crippen molar-refractivity contribution in [2.24, 2.45) is 0 Å². The number of unbranched alkanes of at least 4 members (excludes halogenated alkanes) is 1. The molecule has 1 amide bonds. The molecule has 3 heterocycles. The largest absolute Gasteiger partial charge is 0.454 e. The lowest BCUT2D eigenvalue weighted by Gasteiger charge is -2.26. The first-order valence-electron chi connectivity index (χ1n) is 14.6. The Bertz CT molecular complexity index is 1480. The summed E-state index contributed by atoms with van der Waals surface area (Å²) < 4.78 is 24.9. The third-order valence-electron chi connectivity index (χ3n) is 7.79. The molecule has 1 saturated heterocycles. The highest BCUT2D eigenvalue weighted by atomic mass is 16.7. The van der Waals surface area contributed by atoms with Crippen LogP contribution in [0.15, 0.2) is 72.3 Å². The summed E-state index contributed by atoms with van der Waals surface area (Å²) in [6.07, 6.45) is 8.25. The minimum atomic E-state index is -0.100. The molecule has 2 atom stereocenters. The Hall–Kier alpha value is -3.92. The van der Waals surface area contributed by atoms with E-state index in [0.717, 1.165) is 59.1 Å². The van der Waals surface area contributed by atoms with Crippen molar-refractivity contribution >= 4 is 5.91 Å². The van der Waals surface area contributed by atoms with Crippen molar-refractivity contribution < 1.29 is 23.7 Å². The van der Waals surface area contributed by atoms with Crippen LogP contribution in [0.1, 0.15) is 41.5 Å². The maximum Gasteiger partial charge on any atom is 0.273 e. The van der Waals surface area contributed by atoms with Gasteiger partial charge in [0.1, 0.15) is 24.8 Å². The predicted molar refractivity (Wildman–Crippen MR) is 159 cm³/mol. The molecule has 3 aliphatic rings. The monoisotopic (exact) mass is 570 g/mol. The van der Waals surface area contributed by atoms with Gasteiger partial charge in [-0.25, -0.2) is 4.98 Å². The molecule has 2 unspecified atom stereocenters. The van der Waals surface area contributed by atoms with Crippen LogP contribution in [0.3, 0.4) is 0 Å².